The molecule has 3 aromatic rings. The molecular weight excluding hydrogens is 336 g/mol. The van der Waals surface area contributed by atoms with Gasteiger partial charge in [-0.3, -0.25) is 4.79 Å². The van der Waals surface area contributed by atoms with Crippen molar-refractivity contribution in [1.82, 2.24) is 19.9 Å². The van der Waals surface area contributed by atoms with E-state index in [0.29, 0.717) is 18.1 Å². The quantitative estimate of drug-likeness (QED) is 0.637. The van der Waals surface area contributed by atoms with E-state index in [4.69, 9.17) is 0 Å². The van der Waals surface area contributed by atoms with Crippen LogP contribution >= 0.6 is 0 Å². The van der Waals surface area contributed by atoms with Crippen molar-refractivity contribution in [3.8, 4) is 0 Å². The number of aromatic amines is 1. The van der Waals surface area contributed by atoms with Gasteiger partial charge in [0.15, 0.2) is 0 Å². The van der Waals surface area contributed by atoms with E-state index in [1.807, 2.05) is 19.9 Å². The first-order chi connectivity index (χ1) is 13.0. The van der Waals surface area contributed by atoms with Crippen molar-refractivity contribution >= 4 is 10.9 Å². The van der Waals surface area contributed by atoms with E-state index in [-0.39, 0.29) is 5.56 Å². The minimum atomic E-state index is -0.0290. The van der Waals surface area contributed by atoms with Crippen molar-refractivity contribution in [3.63, 3.8) is 0 Å². The fourth-order valence-corrected chi connectivity index (χ4v) is 3.44. The first-order valence-corrected chi connectivity index (χ1v) is 9.86. The molecule has 0 amide bonds. The Labute approximate surface area is 160 Å². The number of rotatable bonds is 7. The Morgan fingerprint density at radius 1 is 1.00 bits per heavy atom. The van der Waals surface area contributed by atoms with Crippen molar-refractivity contribution in [3.05, 3.63) is 62.7 Å². The van der Waals surface area contributed by atoms with Gasteiger partial charge >= 0.3 is 0 Å². The van der Waals surface area contributed by atoms with E-state index >= 15 is 0 Å². The number of nitrogens with one attached hydrogen (secondary N) is 1. The number of hydrogen-bond donors (Lipinski definition) is 1. The predicted octanol–water partition coefficient (Wildman–Crippen LogP) is 4.22. The SMILES string of the molecule is CCCCCc1c(C)nc(Cc2nc(C)c3cc(CC)ccc3n2)[nH]c1=O. The molecular formula is C22H28N4O. The van der Waals surface area contributed by atoms with Crippen LogP contribution in [0.3, 0.4) is 0 Å². The summed E-state index contributed by atoms with van der Waals surface area (Å²) in [4.78, 5) is 29.3. The van der Waals surface area contributed by atoms with Crippen molar-refractivity contribution in [2.24, 2.45) is 0 Å². The summed E-state index contributed by atoms with van der Waals surface area (Å²) in [6, 6.07) is 6.31. The number of benzene rings is 1. The average molecular weight is 364 g/mol. The molecule has 0 atom stereocenters. The van der Waals surface area contributed by atoms with Gasteiger partial charge in [-0.2, -0.15) is 0 Å². The van der Waals surface area contributed by atoms with Gasteiger partial charge in [-0.25, -0.2) is 15.0 Å². The molecule has 0 radical (unpaired) electrons. The van der Waals surface area contributed by atoms with E-state index in [1.54, 1.807) is 0 Å². The van der Waals surface area contributed by atoms with Gasteiger partial charge in [0, 0.05) is 22.3 Å². The average Bonchev–Trinajstić information content (AvgIpc) is 2.64. The van der Waals surface area contributed by atoms with Crippen LogP contribution in [-0.4, -0.2) is 19.9 Å². The lowest BCUT2D eigenvalue weighted by atomic mass is 10.1. The second kappa shape index (κ2) is 8.42. The molecule has 0 saturated carbocycles. The second-order valence-electron chi connectivity index (χ2n) is 7.14. The van der Waals surface area contributed by atoms with Gasteiger partial charge in [0.05, 0.1) is 11.9 Å². The van der Waals surface area contributed by atoms with Crippen LogP contribution in [-0.2, 0) is 19.3 Å². The highest BCUT2D eigenvalue weighted by Gasteiger charge is 2.11. The lowest BCUT2D eigenvalue weighted by Crippen LogP contribution is -2.19. The fourth-order valence-electron chi connectivity index (χ4n) is 3.44. The zero-order valence-corrected chi connectivity index (χ0v) is 16.7. The van der Waals surface area contributed by atoms with Crippen LogP contribution in [0, 0.1) is 13.8 Å². The van der Waals surface area contributed by atoms with Crippen molar-refractivity contribution in [1.29, 1.82) is 0 Å². The summed E-state index contributed by atoms with van der Waals surface area (Å²) < 4.78 is 0. The van der Waals surface area contributed by atoms with E-state index in [2.05, 4.69) is 45.9 Å². The molecule has 5 nitrogen and oxygen atoms in total. The first kappa shape index (κ1) is 19.2. The smallest absolute Gasteiger partial charge is 0.254 e. The van der Waals surface area contributed by atoms with Crippen LogP contribution in [0.4, 0.5) is 0 Å². The molecule has 0 aliphatic rings. The third-order valence-corrected chi connectivity index (χ3v) is 5.03. The Balaban J connectivity index is 1.87. The maximum Gasteiger partial charge on any atom is 0.254 e. The van der Waals surface area contributed by atoms with Crippen molar-refractivity contribution in [2.45, 2.75) is 66.2 Å². The maximum atomic E-state index is 12.5. The van der Waals surface area contributed by atoms with Crippen LogP contribution in [0.25, 0.3) is 10.9 Å². The summed E-state index contributed by atoms with van der Waals surface area (Å²) in [5.74, 6) is 1.31. The van der Waals surface area contributed by atoms with Gasteiger partial charge in [0.25, 0.3) is 5.56 Å². The largest absolute Gasteiger partial charge is 0.310 e. The molecule has 1 aromatic carbocycles. The van der Waals surface area contributed by atoms with Gasteiger partial charge in [0.2, 0.25) is 0 Å². The molecule has 5 heteroatoms. The van der Waals surface area contributed by atoms with E-state index in [1.165, 1.54) is 5.56 Å². The zero-order valence-electron chi connectivity index (χ0n) is 16.7. The molecule has 2 aromatic heterocycles. The predicted molar refractivity (Wildman–Crippen MR) is 109 cm³/mol. The van der Waals surface area contributed by atoms with E-state index in [9.17, 15) is 4.79 Å². The molecule has 0 spiro atoms. The minimum Gasteiger partial charge on any atom is -0.310 e. The summed E-state index contributed by atoms with van der Waals surface area (Å²) in [7, 11) is 0. The molecule has 27 heavy (non-hydrogen) atoms. The Morgan fingerprint density at radius 2 is 1.81 bits per heavy atom. The topological polar surface area (TPSA) is 71.5 Å². The van der Waals surface area contributed by atoms with Crippen LogP contribution in [0.15, 0.2) is 23.0 Å². The fraction of sp³-hybridized carbons (Fsp3) is 0.455. The summed E-state index contributed by atoms with van der Waals surface area (Å²) >= 11 is 0. The third kappa shape index (κ3) is 4.41. The summed E-state index contributed by atoms with van der Waals surface area (Å²) in [6.45, 7) is 8.22. The van der Waals surface area contributed by atoms with Gasteiger partial charge in [-0.05, 0) is 50.8 Å². The number of fused-ring (bicyclic) bond motifs is 1. The Morgan fingerprint density at radius 3 is 2.52 bits per heavy atom. The van der Waals surface area contributed by atoms with E-state index in [0.717, 1.165) is 60.0 Å². The number of hydrogen-bond acceptors (Lipinski definition) is 4. The minimum absolute atomic E-state index is 0.0290. The van der Waals surface area contributed by atoms with E-state index < -0.39 is 0 Å². The first-order valence-electron chi connectivity index (χ1n) is 9.86. The van der Waals surface area contributed by atoms with Crippen LogP contribution in [0.5, 0.6) is 0 Å². The maximum absolute atomic E-state index is 12.5. The van der Waals surface area contributed by atoms with Gasteiger partial charge < -0.3 is 4.98 Å². The molecule has 1 N–H and O–H groups in total. The lowest BCUT2D eigenvalue weighted by Gasteiger charge is -2.09. The Bertz CT molecular complexity index is 1010. The Hall–Kier alpha value is -2.56. The molecule has 2 heterocycles. The van der Waals surface area contributed by atoms with Crippen LogP contribution in [0.1, 0.15) is 67.3 Å². The molecule has 0 bridgehead atoms. The van der Waals surface area contributed by atoms with Gasteiger partial charge in [0.1, 0.15) is 11.6 Å². The molecule has 0 aliphatic carbocycles. The molecule has 0 aliphatic heterocycles. The highest BCUT2D eigenvalue weighted by molar-refractivity contribution is 5.81. The van der Waals surface area contributed by atoms with Crippen LogP contribution in [0.2, 0.25) is 0 Å². The summed E-state index contributed by atoms with van der Waals surface area (Å²) in [5, 5.41) is 1.09. The number of nitrogens with zero attached hydrogens (tertiary/aromatic N) is 3. The molecule has 0 saturated heterocycles. The summed E-state index contributed by atoms with van der Waals surface area (Å²) in [5.41, 5.74) is 4.76. The molecule has 0 unspecified atom stereocenters. The summed E-state index contributed by atoms with van der Waals surface area (Å²) in [6.07, 6.45) is 5.50. The highest BCUT2D eigenvalue weighted by Crippen LogP contribution is 2.18. The molecule has 0 fully saturated rings. The highest BCUT2D eigenvalue weighted by atomic mass is 16.1. The zero-order chi connectivity index (χ0) is 19.4. The number of aryl methyl sites for hydroxylation is 3. The normalized spacial score (nSPS) is 11.3. The standard InChI is InChI=1S/C22H28N4O/c1-5-7-8-9-17-14(3)23-21(26-22(17)27)13-20-24-15(4)18-12-16(6-2)10-11-19(18)25-20/h10-12H,5-9,13H2,1-4H3,(H,23,26,27). The third-order valence-electron chi connectivity index (χ3n) is 5.03. The van der Waals surface area contributed by atoms with Gasteiger partial charge in [-0.15, -0.1) is 0 Å². The molecule has 142 valence electrons. The Kier molecular flexibility index (Phi) is 5.99. The van der Waals surface area contributed by atoms with Gasteiger partial charge in [-0.1, -0.05) is 32.8 Å². The number of unbranched alkanes of at least 4 members (excludes halogenated alkanes) is 2. The van der Waals surface area contributed by atoms with Crippen molar-refractivity contribution in [2.75, 3.05) is 0 Å². The lowest BCUT2D eigenvalue weighted by molar-refractivity contribution is 0.703. The second-order valence-corrected chi connectivity index (χ2v) is 7.14. The van der Waals surface area contributed by atoms with Crippen LogP contribution < -0.4 is 5.56 Å². The molecule has 3 rings (SSSR count). The van der Waals surface area contributed by atoms with Crippen molar-refractivity contribution < 1.29 is 0 Å². The number of aromatic nitrogens is 4. The monoisotopic (exact) mass is 364 g/mol. The number of H-pyrrole nitrogens is 1.